The Morgan fingerprint density at radius 1 is 1.31 bits per heavy atom. The molecule has 1 aliphatic heterocycles. The number of rotatable bonds is 4. The summed E-state index contributed by atoms with van der Waals surface area (Å²) in [6.07, 6.45) is 2.13. The molecule has 0 bridgehead atoms. The Kier molecular flexibility index (Phi) is 5.47. The predicted octanol–water partition coefficient (Wildman–Crippen LogP) is 0.0940. The molecule has 1 rings (SSSR count). The molecule has 2 amide bonds. The number of carbonyl (C=O) groups excluding carboxylic acids is 2. The summed E-state index contributed by atoms with van der Waals surface area (Å²) in [5, 5.41) is 5.54. The van der Waals surface area contributed by atoms with Gasteiger partial charge in [0.1, 0.15) is 0 Å². The Labute approximate surface area is 109 Å². The highest BCUT2D eigenvalue weighted by atomic mass is 127. The standard InChI is InChI=1S/C10H18IN3O2/c1-7(12-2)9(15)13-8(11)10(16)14-5-3-4-6-14/h7-8,12H,3-6H2,1-2H3,(H,13,15)/t7-,8?/m0/s1. The number of nitrogens with zero attached hydrogens (tertiary/aromatic N) is 1. The van der Waals surface area contributed by atoms with E-state index in [1.165, 1.54) is 0 Å². The van der Waals surface area contributed by atoms with Gasteiger partial charge in [0.2, 0.25) is 5.91 Å². The minimum Gasteiger partial charge on any atom is -0.340 e. The molecule has 2 N–H and O–H groups in total. The van der Waals surface area contributed by atoms with E-state index in [2.05, 4.69) is 10.6 Å². The van der Waals surface area contributed by atoms with Crippen molar-refractivity contribution >= 4 is 34.4 Å². The summed E-state index contributed by atoms with van der Waals surface area (Å²) < 4.78 is -0.459. The number of likely N-dealkylation sites (N-methyl/N-ethyl adjacent to an activating group) is 1. The Bertz CT molecular complexity index is 267. The topological polar surface area (TPSA) is 61.4 Å². The Balaban J connectivity index is 2.41. The summed E-state index contributed by atoms with van der Waals surface area (Å²) in [5.41, 5.74) is 0. The van der Waals surface area contributed by atoms with Gasteiger partial charge in [0.05, 0.1) is 6.04 Å². The number of amides is 2. The molecule has 0 aromatic carbocycles. The van der Waals surface area contributed by atoms with Crippen molar-refractivity contribution in [1.82, 2.24) is 15.5 Å². The van der Waals surface area contributed by atoms with Gasteiger partial charge in [-0.1, -0.05) is 0 Å². The lowest BCUT2D eigenvalue weighted by Crippen LogP contribution is -2.49. The summed E-state index contributed by atoms with van der Waals surface area (Å²) in [6.45, 7) is 3.39. The molecule has 0 aromatic rings. The third-order valence-electron chi connectivity index (χ3n) is 2.73. The van der Waals surface area contributed by atoms with E-state index < -0.39 is 4.05 Å². The van der Waals surface area contributed by atoms with E-state index in [9.17, 15) is 9.59 Å². The first-order valence-corrected chi connectivity index (χ1v) is 6.71. The highest BCUT2D eigenvalue weighted by molar-refractivity contribution is 14.1. The van der Waals surface area contributed by atoms with Crippen molar-refractivity contribution in [2.75, 3.05) is 20.1 Å². The molecule has 1 aliphatic rings. The molecular weight excluding hydrogens is 321 g/mol. The number of carbonyl (C=O) groups is 2. The van der Waals surface area contributed by atoms with Crippen LogP contribution in [-0.2, 0) is 9.59 Å². The van der Waals surface area contributed by atoms with E-state index in [1.807, 2.05) is 22.6 Å². The average molecular weight is 339 g/mol. The van der Waals surface area contributed by atoms with Crippen LogP contribution in [-0.4, -0.2) is 46.9 Å². The normalized spacial score (nSPS) is 19.3. The van der Waals surface area contributed by atoms with Crippen molar-refractivity contribution in [3.8, 4) is 0 Å². The molecule has 2 atom stereocenters. The van der Waals surface area contributed by atoms with Gasteiger partial charge >= 0.3 is 0 Å². The molecule has 0 saturated carbocycles. The minimum absolute atomic E-state index is 0.00903. The van der Waals surface area contributed by atoms with Crippen molar-refractivity contribution in [2.45, 2.75) is 29.9 Å². The number of alkyl halides is 1. The fraction of sp³-hybridized carbons (Fsp3) is 0.800. The third-order valence-corrected chi connectivity index (χ3v) is 3.57. The lowest BCUT2D eigenvalue weighted by molar-refractivity contribution is -0.133. The smallest absolute Gasteiger partial charge is 0.255 e. The van der Waals surface area contributed by atoms with Crippen LogP contribution >= 0.6 is 22.6 Å². The van der Waals surface area contributed by atoms with Crippen molar-refractivity contribution in [3.05, 3.63) is 0 Å². The first-order chi connectivity index (χ1) is 7.56. The monoisotopic (exact) mass is 339 g/mol. The van der Waals surface area contributed by atoms with Crippen molar-refractivity contribution < 1.29 is 9.59 Å². The van der Waals surface area contributed by atoms with Crippen LogP contribution in [0.4, 0.5) is 0 Å². The van der Waals surface area contributed by atoms with Gasteiger partial charge in [-0.25, -0.2) is 0 Å². The van der Waals surface area contributed by atoms with Crippen molar-refractivity contribution in [1.29, 1.82) is 0 Å². The summed E-state index contributed by atoms with van der Waals surface area (Å²) in [4.78, 5) is 25.2. The Hall–Kier alpha value is -0.370. The van der Waals surface area contributed by atoms with Crippen LogP contribution in [0.2, 0.25) is 0 Å². The third kappa shape index (κ3) is 3.58. The van der Waals surface area contributed by atoms with Gasteiger partial charge in [0.25, 0.3) is 5.91 Å². The van der Waals surface area contributed by atoms with Gasteiger partial charge in [-0.3, -0.25) is 9.59 Å². The second-order valence-electron chi connectivity index (χ2n) is 3.91. The van der Waals surface area contributed by atoms with Crippen molar-refractivity contribution in [2.24, 2.45) is 0 Å². The van der Waals surface area contributed by atoms with Gasteiger partial charge in [-0.05, 0) is 49.4 Å². The molecule has 1 saturated heterocycles. The number of nitrogens with one attached hydrogen (secondary N) is 2. The second kappa shape index (κ2) is 6.39. The molecule has 1 heterocycles. The van der Waals surface area contributed by atoms with Crippen molar-refractivity contribution in [3.63, 3.8) is 0 Å². The summed E-state index contributed by atoms with van der Waals surface area (Å²) in [6, 6.07) is -0.274. The molecule has 5 nitrogen and oxygen atoms in total. The quantitative estimate of drug-likeness (QED) is 0.434. The molecule has 1 unspecified atom stereocenters. The van der Waals surface area contributed by atoms with E-state index in [0.717, 1.165) is 25.9 Å². The zero-order chi connectivity index (χ0) is 12.1. The van der Waals surface area contributed by atoms with E-state index >= 15 is 0 Å². The van der Waals surface area contributed by atoms with Gasteiger partial charge in [0, 0.05) is 13.1 Å². The van der Waals surface area contributed by atoms with Crippen LogP contribution in [0.5, 0.6) is 0 Å². The first kappa shape index (κ1) is 13.7. The summed E-state index contributed by atoms with van der Waals surface area (Å²) in [5.74, 6) is -0.135. The van der Waals surface area contributed by atoms with Crippen LogP contribution < -0.4 is 10.6 Å². The molecule has 0 spiro atoms. The second-order valence-corrected chi connectivity index (χ2v) is 5.16. The van der Waals surface area contributed by atoms with E-state index in [-0.39, 0.29) is 17.9 Å². The lowest BCUT2D eigenvalue weighted by atomic mass is 10.3. The van der Waals surface area contributed by atoms with Crippen LogP contribution in [0.25, 0.3) is 0 Å². The molecule has 6 heteroatoms. The zero-order valence-corrected chi connectivity index (χ0v) is 11.8. The fourth-order valence-electron chi connectivity index (χ4n) is 1.54. The van der Waals surface area contributed by atoms with Gasteiger partial charge < -0.3 is 15.5 Å². The van der Waals surface area contributed by atoms with Gasteiger partial charge in [0.15, 0.2) is 4.05 Å². The number of likely N-dealkylation sites (tertiary alicyclic amines) is 1. The van der Waals surface area contributed by atoms with Crippen LogP contribution in [0.3, 0.4) is 0 Å². The van der Waals surface area contributed by atoms with E-state index in [0.29, 0.717) is 0 Å². The fourth-order valence-corrected chi connectivity index (χ4v) is 2.24. The van der Waals surface area contributed by atoms with Gasteiger partial charge in [-0.2, -0.15) is 0 Å². The van der Waals surface area contributed by atoms with E-state index in [1.54, 1.807) is 18.9 Å². The first-order valence-electron chi connectivity index (χ1n) is 5.46. The molecule has 0 aliphatic carbocycles. The molecule has 0 aromatic heterocycles. The Morgan fingerprint density at radius 3 is 2.38 bits per heavy atom. The predicted molar refractivity (Wildman–Crippen MR) is 70.3 cm³/mol. The minimum atomic E-state index is -0.459. The zero-order valence-electron chi connectivity index (χ0n) is 9.62. The van der Waals surface area contributed by atoms with E-state index in [4.69, 9.17) is 0 Å². The largest absolute Gasteiger partial charge is 0.340 e. The lowest BCUT2D eigenvalue weighted by Gasteiger charge is -2.21. The maximum Gasteiger partial charge on any atom is 0.255 e. The summed E-state index contributed by atoms with van der Waals surface area (Å²) >= 11 is 1.97. The SMILES string of the molecule is CN[C@@H](C)C(=O)NC(I)C(=O)N1CCCC1. The maximum atomic E-state index is 11.9. The maximum absolute atomic E-state index is 11.9. The Morgan fingerprint density at radius 2 is 1.88 bits per heavy atom. The summed E-state index contributed by atoms with van der Waals surface area (Å²) in [7, 11) is 1.72. The molecular formula is C10H18IN3O2. The van der Waals surface area contributed by atoms with Gasteiger partial charge in [-0.15, -0.1) is 0 Å². The average Bonchev–Trinajstić information content (AvgIpc) is 2.79. The highest BCUT2D eigenvalue weighted by Gasteiger charge is 2.26. The number of halogens is 1. The molecule has 0 radical (unpaired) electrons. The highest BCUT2D eigenvalue weighted by Crippen LogP contribution is 2.11. The number of hydrogen-bond donors (Lipinski definition) is 2. The number of hydrogen-bond acceptors (Lipinski definition) is 3. The molecule has 92 valence electrons. The molecule has 1 fully saturated rings. The van der Waals surface area contributed by atoms with Crippen LogP contribution in [0, 0.1) is 0 Å². The van der Waals surface area contributed by atoms with Crippen LogP contribution in [0.1, 0.15) is 19.8 Å². The molecule has 16 heavy (non-hydrogen) atoms. The van der Waals surface area contributed by atoms with Crippen LogP contribution in [0.15, 0.2) is 0 Å².